The second kappa shape index (κ2) is 9.39. The Labute approximate surface area is 143 Å². The molecule has 1 aromatic carbocycles. The quantitative estimate of drug-likeness (QED) is 0.520. The Hall–Kier alpha value is -1.92. The van der Waals surface area contributed by atoms with Crippen LogP contribution in [0, 0.1) is 5.92 Å². The molecule has 0 aliphatic carbocycles. The third kappa shape index (κ3) is 5.62. The molecule has 1 heterocycles. The molecule has 24 heavy (non-hydrogen) atoms. The van der Waals surface area contributed by atoms with Crippen molar-refractivity contribution < 1.29 is 14.8 Å². The van der Waals surface area contributed by atoms with Crippen molar-refractivity contribution in [3.63, 3.8) is 0 Å². The molecule has 0 spiro atoms. The van der Waals surface area contributed by atoms with Gasteiger partial charge in [0.1, 0.15) is 0 Å². The number of likely N-dealkylation sites (tertiary alicyclic amines) is 1. The summed E-state index contributed by atoms with van der Waals surface area (Å²) in [5.41, 5.74) is 8.81. The van der Waals surface area contributed by atoms with Gasteiger partial charge in [-0.1, -0.05) is 30.3 Å². The first-order chi connectivity index (χ1) is 11.6. The standard InChI is InChI=1S/C18H27N3O3/c19-16(13-15-5-2-1-3-6-15)18(23)21-11-9-14(10-12-21)7-4-8-17(22)20-24/h1-3,5-6,14,16,24H,4,7-13,19H2,(H,20,22). The maximum Gasteiger partial charge on any atom is 0.243 e. The first-order valence-corrected chi connectivity index (χ1v) is 8.61. The van der Waals surface area contributed by atoms with Crippen LogP contribution >= 0.6 is 0 Å². The summed E-state index contributed by atoms with van der Waals surface area (Å²) in [5.74, 6) is 0.220. The number of nitrogens with one attached hydrogen (secondary N) is 1. The lowest BCUT2D eigenvalue weighted by molar-refractivity contribution is -0.134. The van der Waals surface area contributed by atoms with Crippen molar-refractivity contribution in [2.75, 3.05) is 13.1 Å². The summed E-state index contributed by atoms with van der Waals surface area (Å²) in [7, 11) is 0. The summed E-state index contributed by atoms with van der Waals surface area (Å²) in [6.07, 6.45) is 4.52. The zero-order valence-corrected chi connectivity index (χ0v) is 14.0. The molecule has 1 saturated heterocycles. The molecule has 0 bridgehead atoms. The number of carbonyl (C=O) groups is 2. The van der Waals surface area contributed by atoms with E-state index in [0.29, 0.717) is 18.8 Å². The molecular formula is C18H27N3O3. The van der Waals surface area contributed by atoms with Crippen LogP contribution < -0.4 is 11.2 Å². The topological polar surface area (TPSA) is 95.7 Å². The molecule has 1 aliphatic heterocycles. The lowest BCUT2D eigenvalue weighted by Crippen LogP contribution is -2.48. The summed E-state index contributed by atoms with van der Waals surface area (Å²) in [6, 6.07) is 9.34. The summed E-state index contributed by atoms with van der Waals surface area (Å²) >= 11 is 0. The van der Waals surface area contributed by atoms with Gasteiger partial charge in [-0.2, -0.15) is 0 Å². The predicted octanol–water partition coefficient (Wildman–Crippen LogP) is 1.47. The first-order valence-electron chi connectivity index (χ1n) is 8.61. The smallest absolute Gasteiger partial charge is 0.243 e. The van der Waals surface area contributed by atoms with Gasteiger partial charge >= 0.3 is 0 Å². The second-order valence-electron chi connectivity index (χ2n) is 6.49. The van der Waals surface area contributed by atoms with E-state index in [2.05, 4.69) is 0 Å². The molecule has 1 fully saturated rings. The molecule has 1 unspecified atom stereocenters. The fourth-order valence-corrected chi connectivity index (χ4v) is 3.24. The highest BCUT2D eigenvalue weighted by atomic mass is 16.5. The number of nitrogens with zero attached hydrogens (tertiary/aromatic N) is 1. The molecular weight excluding hydrogens is 306 g/mol. The van der Waals surface area contributed by atoms with Gasteiger partial charge in [-0.3, -0.25) is 14.8 Å². The lowest BCUT2D eigenvalue weighted by atomic mass is 9.91. The Morgan fingerprint density at radius 1 is 1.25 bits per heavy atom. The van der Waals surface area contributed by atoms with Crippen molar-refractivity contribution in [2.45, 2.75) is 44.6 Å². The van der Waals surface area contributed by atoms with Crippen molar-refractivity contribution in [1.82, 2.24) is 10.4 Å². The molecule has 1 atom stereocenters. The predicted molar refractivity (Wildman–Crippen MR) is 91.2 cm³/mol. The maximum atomic E-state index is 12.5. The number of hydrogen-bond donors (Lipinski definition) is 3. The molecule has 0 saturated carbocycles. The Balaban J connectivity index is 1.71. The normalized spacial score (nSPS) is 16.7. The van der Waals surface area contributed by atoms with Gasteiger partial charge in [0, 0.05) is 19.5 Å². The summed E-state index contributed by atoms with van der Waals surface area (Å²) < 4.78 is 0. The Bertz CT molecular complexity index is 528. The Kier molecular flexibility index (Phi) is 7.21. The molecule has 0 radical (unpaired) electrons. The monoisotopic (exact) mass is 333 g/mol. The van der Waals surface area contributed by atoms with Crippen LogP contribution in [0.1, 0.15) is 37.7 Å². The van der Waals surface area contributed by atoms with Crippen LogP contribution in [-0.4, -0.2) is 41.1 Å². The van der Waals surface area contributed by atoms with Crippen LogP contribution in [-0.2, 0) is 16.0 Å². The lowest BCUT2D eigenvalue weighted by Gasteiger charge is -2.33. The van der Waals surface area contributed by atoms with Crippen LogP contribution in [0.25, 0.3) is 0 Å². The highest BCUT2D eigenvalue weighted by molar-refractivity contribution is 5.82. The summed E-state index contributed by atoms with van der Waals surface area (Å²) in [6.45, 7) is 1.47. The number of amides is 2. The van der Waals surface area contributed by atoms with Crippen LogP contribution in [0.4, 0.5) is 0 Å². The number of rotatable bonds is 7. The van der Waals surface area contributed by atoms with Gasteiger partial charge < -0.3 is 10.6 Å². The number of hydrogen-bond acceptors (Lipinski definition) is 4. The molecule has 0 aromatic heterocycles. The van der Waals surface area contributed by atoms with E-state index < -0.39 is 6.04 Å². The van der Waals surface area contributed by atoms with Crippen molar-refractivity contribution in [1.29, 1.82) is 0 Å². The molecule has 6 heteroatoms. The average Bonchev–Trinajstić information content (AvgIpc) is 2.62. The van der Waals surface area contributed by atoms with Crippen molar-refractivity contribution >= 4 is 11.8 Å². The first kappa shape index (κ1) is 18.4. The second-order valence-corrected chi connectivity index (χ2v) is 6.49. The van der Waals surface area contributed by atoms with Crippen LogP contribution in [0.15, 0.2) is 30.3 Å². The van der Waals surface area contributed by atoms with E-state index in [0.717, 1.165) is 44.3 Å². The van der Waals surface area contributed by atoms with E-state index in [9.17, 15) is 9.59 Å². The van der Waals surface area contributed by atoms with Crippen LogP contribution in [0.3, 0.4) is 0 Å². The molecule has 4 N–H and O–H groups in total. The fourth-order valence-electron chi connectivity index (χ4n) is 3.24. The highest BCUT2D eigenvalue weighted by Gasteiger charge is 2.26. The molecule has 2 amide bonds. The largest absolute Gasteiger partial charge is 0.341 e. The Morgan fingerprint density at radius 2 is 1.92 bits per heavy atom. The van der Waals surface area contributed by atoms with Gasteiger partial charge in [0.15, 0.2) is 0 Å². The number of hydroxylamine groups is 1. The molecule has 6 nitrogen and oxygen atoms in total. The summed E-state index contributed by atoms with van der Waals surface area (Å²) in [5, 5.41) is 8.47. The van der Waals surface area contributed by atoms with Gasteiger partial charge in [0.05, 0.1) is 6.04 Å². The zero-order chi connectivity index (χ0) is 17.4. The molecule has 1 aliphatic rings. The van der Waals surface area contributed by atoms with Crippen LogP contribution in [0.2, 0.25) is 0 Å². The van der Waals surface area contributed by atoms with Gasteiger partial charge in [-0.15, -0.1) is 0 Å². The minimum absolute atomic E-state index is 0.0250. The van der Waals surface area contributed by atoms with E-state index >= 15 is 0 Å². The van der Waals surface area contributed by atoms with Gasteiger partial charge in [-0.05, 0) is 43.6 Å². The number of benzene rings is 1. The molecule has 1 aromatic rings. The number of nitrogens with two attached hydrogens (primary N) is 1. The average molecular weight is 333 g/mol. The van der Waals surface area contributed by atoms with E-state index in [4.69, 9.17) is 10.9 Å². The summed E-state index contributed by atoms with van der Waals surface area (Å²) in [4.78, 5) is 25.3. The SMILES string of the molecule is NC(Cc1ccccc1)C(=O)N1CCC(CCCC(=O)NO)CC1. The third-order valence-corrected chi connectivity index (χ3v) is 4.68. The van der Waals surface area contributed by atoms with Crippen molar-refractivity contribution in [3.8, 4) is 0 Å². The molecule has 2 rings (SSSR count). The van der Waals surface area contributed by atoms with Crippen molar-refractivity contribution in [2.24, 2.45) is 11.7 Å². The van der Waals surface area contributed by atoms with Gasteiger partial charge in [0.25, 0.3) is 0 Å². The zero-order valence-electron chi connectivity index (χ0n) is 14.0. The Morgan fingerprint density at radius 3 is 2.54 bits per heavy atom. The van der Waals surface area contributed by atoms with Crippen LogP contribution in [0.5, 0.6) is 0 Å². The highest BCUT2D eigenvalue weighted by Crippen LogP contribution is 2.23. The minimum atomic E-state index is -0.489. The van der Waals surface area contributed by atoms with Gasteiger partial charge in [-0.25, -0.2) is 5.48 Å². The number of piperidine rings is 1. The van der Waals surface area contributed by atoms with E-state index in [1.807, 2.05) is 35.2 Å². The van der Waals surface area contributed by atoms with E-state index in [-0.39, 0.29) is 11.8 Å². The maximum absolute atomic E-state index is 12.5. The minimum Gasteiger partial charge on any atom is -0.341 e. The fraction of sp³-hybridized carbons (Fsp3) is 0.556. The van der Waals surface area contributed by atoms with Gasteiger partial charge in [0.2, 0.25) is 11.8 Å². The number of carbonyl (C=O) groups excluding carboxylic acids is 2. The van der Waals surface area contributed by atoms with Crippen molar-refractivity contribution in [3.05, 3.63) is 35.9 Å². The van der Waals surface area contributed by atoms with E-state index in [1.54, 1.807) is 5.48 Å². The van der Waals surface area contributed by atoms with E-state index in [1.165, 1.54) is 0 Å². The molecule has 132 valence electrons. The third-order valence-electron chi connectivity index (χ3n) is 4.68.